The van der Waals surface area contributed by atoms with E-state index in [0.717, 1.165) is 57.0 Å². The number of halogens is 2. The van der Waals surface area contributed by atoms with E-state index in [0.29, 0.717) is 41.9 Å². The number of pyridine rings is 1. The van der Waals surface area contributed by atoms with Gasteiger partial charge in [0.2, 0.25) is 0 Å². The highest BCUT2D eigenvalue weighted by molar-refractivity contribution is 5.99. The van der Waals surface area contributed by atoms with Gasteiger partial charge >= 0.3 is 12.1 Å². The van der Waals surface area contributed by atoms with E-state index in [1.807, 2.05) is 37.8 Å². The second-order valence-electron chi connectivity index (χ2n) is 14.6. The Hall–Kier alpha value is -4.12. The summed E-state index contributed by atoms with van der Waals surface area (Å²) in [5.41, 5.74) is 0.0613. The number of amides is 1. The van der Waals surface area contributed by atoms with E-state index in [9.17, 15) is 9.18 Å². The van der Waals surface area contributed by atoms with Crippen molar-refractivity contribution in [2.24, 2.45) is 0 Å². The van der Waals surface area contributed by atoms with Crippen molar-refractivity contribution in [2.45, 2.75) is 82.5 Å². The normalized spacial score (nSPS) is 22.3. The number of hydrogen-bond donors (Lipinski definition) is 0. The van der Waals surface area contributed by atoms with Crippen molar-refractivity contribution in [3.63, 3.8) is 0 Å². The Morgan fingerprint density at radius 1 is 1.00 bits per heavy atom. The van der Waals surface area contributed by atoms with Crippen molar-refractivity contribution >= 4 is 33.6 Å². The van der Waals surface area contributed by atoms with Crippen molar-refractivity contribution in [1.29, 1.82) is 0 Å². The second kappa shape index (κ2) is 11.2. The van der Waals surface area contributed by atoms with Gasteiger partial charge in [0.05, 0.1) is 23.0 Å². The Labute approximate surface area is 272 Å². The summed E-state index contributed by atoms with van der Waals surface area (Å²) in [6.45, 7) is 9.22. The number of carbonyl (C=O) groups is 1. The first-order valence-electron chi connectivity index (χ1n) is 16.8. The van der Waals surface area contributed by atoms with Crippen LogP contribution >= 0.6 is 0 Å². The SMILES string of the molecule is CC(C)(C)OC(=O)N1[C@@H]2CC[C@H]1CN(c1nc(OCC34CCCN3CCC4)nc3c(F)c(-c4cccc5ccc(F)cc45)ncc13)C2. The molecule has 8 rings (SSSR count). The second-order valence-corrected chi connectivity index (χ2v) is 14.6. The molecule has 4 fully saturated rings. The average Bonchev–Trinajstić information content (AvgIpc) is 3.70. The molecule has 0 saturated carbocycles. The van der Waals surface area contributed by atoms with Crippen LogP contribution in [0.4, 0.5) is 19.4 Å². The number of piperazine rings is 1. The summed E-state index contributed by atoms with van der Waals surface area (Å²) in [6.07, 6.45) is 7.38. The van der Waals surface area contributed by atoms with E-state index in [1.165, 1.54) is 12.1 Å². The van der Waals surface area contributed by atoms with Crippen LogP contribution in [-0.4, -0.2) is 86.9 Å². The molecule has 0 radical (unpaired) electrons. The topological polar surface area (TPSA) is 83.9 Å². The molecule has 6 heterocycles. The van der Waals surface area contributed by atoms with Gasteiger partial charge in [0.15, 0.2) is 5.82 Å². The molecular weight excluding hydrogens is 602 g/mol. The highest BCUT2D eigenvalue weighted by atomic mass is 19.1. The molecule has 0 aliphatic carbocycles. The first kappa shape index (κ1) is 30.2. The first-order valence-corrected chi connectivity index (χ1v) is 16.8. The van der Waals surface area contributed by atoms with E-state index in [1.54, 1.807) is 18.3 Å². The number of benzene rings is 2. The maximum Gasteiger partial charge on any atom is 0.410 e. The third-order valence-electron chi connectivity index (χ3n) is 10.4. The van der Waals surface area contributed by atoms with Crippen LogP contribution in [0.3, 0.4) is 0 Å². The Bertz CT molecular complexity index is 1860. The van der Waals surface area contributed by atoms with Gasteiger partial charge in [-0.05, 0) is 95.3 Å². The summed E-state index contributed by atoms with van der Waals surface area (Å²) in [6, 6.07) is 9.91. The molecule has 47 heavy (non-hydrogen) atoms. The summed E-state index contributed by atoms with van der Waals surface area (Å²) in [5, 5.41) is 1.82. The number of hydrogen-bond acceptors (Lipinski definition) is 8. The van der Waals surface area contributed by atoms with E-state index >= 15 is 4.39 Å². The van der Waals surface area contributed by atoms with Crippen LogP contribution in [0, 0.1) is 11.6 Å². The zero-order valence-electron chi connectivity index (χ0n) is 27.1. The minimum Gasteiger partial charge on any atom is -0.461 e. The van der Waals surface area contributed by atoms with Gasteiger partial charge in [-0.3, -0.25) is 14.8 Å². The Balaban J connectivity index is 1.20. The molecule has 2 aromatic carbocycles. The molecule has 4 aromatic rings. The van der Waals surface area contributed by atoms with Crippen molar-refractivity contribution in [1.82, 2.24) is 24.8 Å². The van der Waals surface area contributed by atoms with Gasteiger partial charge in [0, 0.05) is 24.8 Å². The lowest BCUT2D eigenvalue weighted by molar-refractivity contribution is 0.0122. The maximum absolute atomic E-state index is 16.8. The quantitative estimate of drug-likeness (QED) is 0.237. The van der Waals surface area contributed by atoms with E-state index in [2.05, 4.69) is 19.8 Å². The molecule has 4 saturated heterocycles. The van der Waals surface area contributed by atoms with Crippen molar-refractivity contribution < 1.29 is 23.0 Å². The molecule has 1 amide bonds. The lowest BCUT2D eigenvalue weighted by atomic mass is 9.95. The third kappa shape index (κ3) is 5.32. The van der Waals surface area contributed by atoms with Gasteiger partial charge in [-0.15, -0.1) is 0 Å². The smallest absolute Gasteiger partial charge is 0.410 e. The summed E-state index contributed by atoms with van der Waals surface area (Å²) in [4.78, 5) is 33.8. The number of fused-ring (bicyclic) bond motifs is 5. The van der Waals surface area contributed by atoms with E-state index in [4.69, 9.17) is 14.5 Å². The highest BCUT2D eigenvalue weighted by Crippen LogP contribution is 2.41. The molecule has 2 bridgehead atoms. The zero-order chi connectivity index (χ0) is 32.5. The fourth-order valence-corrected chi connectivity index (χ4v) is 8.31. The molecule has 246 valence electrons. The third-order valence-corrected chi connectivity index (χ3v) is 10.4. The Morgan fingerprint density at radius 2 is 1.74 bits per heavy atom. The number of aromatic nitrogens is 3. The van der Waals surface area contributed by atoms with Crippen molar-refractivity contribution in [3.05, 3.63) is 54.2 Å². The molecule has 11 heteroatoms. The Kier molecular flexibility index (Phi) is 7.23. The molecule has 9 nitrogen and oxygen atoms in total. The number of nitrogens with zero attached hydrogens (tertiary/aromatic N) is 6. The standard InChI is InChI=1S/C36H40F2N6O3/c1-35(2,3)47-34(45)44-24-11-12-25(44)20-42(19-24)32-28-18-39-30(26-8-4-7-22-9-10-23(37)17-27(22)26)29(38)31(28)40-33(41-32)46-21-36-13-5-15-43(36)16-6-14-36/h4,7-10,17-18,24-25H,5-6,11-16,19-21H2,1-3H3/t24-,25+. The average molecular weight is 643 g/mol. The number of ether oxygens (including phenoxy) is 2. The lowest BCUT2D eigenvalue weighted by Crippen LogP contribution is -2.57. The summed E-state index contributed by atoms with van der Waals surface area (Å²) in [7, 11) is 0. The van der Waals surface area contributed by atoms with Gasteiger partial charge in [0.1, 0.15) is 35.1 Å². The largest absolute Gasteiger partial charge is 0.461 e. The number of anilines is 1. The van der Waals surface area contributed by atoms with Crippen LogP contribution in [0.1, 0.15) is 59.3 Å². The molecule has 4 aliphatic heterocycles. The minimum atomic E-state index is -0.607. The summed E-state index contributed by atoms with van der Waals surface area (Å²) >= 11 is 0. The number of rotatable bonds is 5. The van der Waals surface area contributed by atoms with Gasteiger partial charge in [-0.1, -0.05) is 24.3 Å². The van der Waals surface area contributed by atoms with Gasteiger partial charge in [-0.2, -0.15) is 9.97 Å². The fraction of sp³-hybridized carbons (Fsp3) is 0.500. The van der Waals surface area contributed by atoms with Gasteiger partial charge < -0.3 is 14.4 Å². The molecular formula is C36H40F2N6O3. The summed E-state index contributed by atoms with van der Waals surface area (Å²) in [5.74, 6) is -0.469. The maximum atomic E-state index is 16.8. The minimum absolute atomic E-state index is 0.0361. The van der Waals surface area contributed by atoms with Gasteiger partial charge in [0.25, 0.3) is 0 Å². The predicted molar refractivity (Wildman–Crippen MR) is 176 cm³/mol. The zero-order valence-corrected chi connectivity index (χ0v) is 27.1. The molecule has 0 unspecified atom stereocenters. The molecule has 2 atom stereocenters. The lowest BCUT2D eigenvalue weighted by Gasteiger charge is -2.42. The van der Waals surface area contributed by atoms with Crippen LogP contribution in [0.2, 0.25) is 0 Å². The number of carbonyl (C=O) groups excluding carboxylic acids is 1. The Morgan fingerprint density at radius 3 is 2.47 bits per heavy atom. The first-order chi connectivity index (χ1) is 22.6. The van der Waals surface area contributed by atoms with Crippen LogP contribution < -0.4 is 9.64 Å². The van der Waals surface area contributed by atoms with Crippen LogP contribution in [0.15, 0.2) is 42.6 Å². The molecule has 0 spiro atoms. The fourth-order valence-electron chi connectivity index (χ4n) is 8.31. The summed E-state index contributed by atoms with van der Waals surface area (Å²) < 4.78 is 43.2. The van der Waals surface area contributed by atoms with Gasteiger partial charge in [-0.25, -0.2) is 13.6 Å². The highest BCUT2D eigenvalue weighted by Gasteiger charge is 2.46. The molecule has 4 aliphatic rings. The van der Waals surface area contributed by atoms with Crippen LogP contribution in [0.25, 0.3) is 32.9 Å². The van der Waals surface area contributed by atoms with Crippen molar-refractivity contribution in [2.75, 3.05) is 37.7 Å². The molecule has 2 aromatic heterocycles. The van der Waals surface area contributed by atoms with Crippen LogP contribution in [0.5, 0.6) is 6.01 Å². The van der Waals surface area contributed by atoms with E-state index < -0.39 is 17.2 Å². The molecule has 0 N–H and O–H groups in total. The van der Waals surface area contributed by atoms with Crippen LogP contribution in [-0.2, 0) is 4.74 Å². The van der Waals surface area contributed by atoms with Crippen molar-refractivity contribution in [3.8, 4) is 17.3 Å². The van der Waals surface area contributed by atoms with E-state index in [-0.39, 0.29) is 40.9 Å². The predicted octanol–water partition coefficient (Wildman–Crippen LogP) is 6.72. The monoisotopic (exact) mass is 642 g/mol.